The van der Waals surface area contributed by atoms with Gasteiger partial charge in [0, 0.05) is 11.8 Å². The highest BCUT2D eigenvalue weighted by molar-refractivity contribution is 5.74. The average Bonchev–Trinajstić information content (AvgIpc) is 3.50. The molecule has 1 saturated heterocycles. The van der Waals surface area contributed by atoms with Crippen molar-refractivity contribution in [1.82, 2.24) is 39.9 Å². The number of aromatic nitrogens is 7. The Morgan fingerprint density at radius 2 is 2.05 bits per heavy atom. The highest BCUT2D eigenvalue weighted by atomic mass is 19.4. The van der Waals surface area contributed by atoms with Gasteiger partial charge in [-0.3, -0.25) is 4.98 Å². The van der Waals surface area contributed by atoms with Crippen LogP contribution >= 0.6 is 0 Å². The van der Waals surface area contributed by atoms with E-state index in [2.05, 4.69) is 30.7 Å². The van der Waals surface area contributed by atoms with Gasteiger partial charge in [0.25, 0.3) is 0 Å². The summed E-state index contributed by atoms with van der Waals surface area (Å²) < 4.78 is 48.8. The van der Waals surface area contributed by atoms with Crippen molar-refractivity contribution in [1.29, 1.82) is 5.26 Å². The van der Waals surface area contributed by atoms with Crippen LogP contribution in [0.3, 0.4) is 0 Å². The molecule has 192 valence electrons. The lowest BCUT2D eigenvalue weighted by atomic mass is 10.1. The summed E-state index contributed by atoms with van der Waals surface area (Å²) in [5.74, 6) is 0.112. The first-order valence-corrected chi connectivity index (χ1v) is 11.5. The van der Waals surface area contributed by atoms with Crippen LogP contribution in [-0.4, -0.2) is 59.4 Å². The van der Waals surface area contributed by atoms with Crippen molar-refractivity contribution in [3.8, 4) is 23.1 Å². The molecule has 11 nitrogen and oxygen atoms in total. The van der Waals surface area contributed by atoms with Gasteiger partial charge in [0.05, 0.1) is 36.9 Å². The number of halogens is 3. The Kier molecular flexibility index (Phi) is 6.48. The van der Waals surface area contributed by atoms with E-state index in [-0.39, 0.29) is 28.6 Å². The predicted molar refractivity (Wildman–Crippen MR) is 122 cm³/mol. The van der Waals surface area contributed by atoms with E-state index in [9.17, 15) is 23.5 Å². The topological polar surface area (TPSA) is 139 Å². The van der Waals surface area contributed by atoms with Crippen molar-refractivity contribution >= 4 is 5.52 Å². The van der Waals surface area contributed by atoms with Crippen LogP contribution in [0.5, 0.6) is 5.75 Å². The molecule has 0 radical (unpaired) electrons. The zero-order valence-electron chi connectivity index (χ0n) is 19.6. The van der Waals surface area contributed by atoms with Crippen LogP contribution in [0.2, 0.25) is 0 Å². The molecular weight excluding hydrogens is 491 g/mol. The quantitative estimate of drug-likeness (QED) is 0.398. The smallest absolute Gasteiger partial charge is 0.434 e. The number of aliphatic hydroxyl groups is 1. The minimum absolute atomic E-state index is 0.112. The van der Waals surface area contributed by atoms with E-state index < -0.39 is 24.6 Å². The van der Waals surface area contributed by atoms with E-state index in [0.717, 1.165) is 37.8 Å². The number of alkyl halides is 3. The number of hydrogen-bond donors (Lipinski definition) is 2. The molecule has 0 aliphatic carbocycles. The Bertz CT molecular complexity index is 1470. The fourth-order valence-electron chi connectivity index (χ4n) is 4.41. The third kappa shape index (κ3) is 4.70. The number of piperidine rings is 1. The molecule has 1 aliphatic rings. The normalized spacial score (nSPS) is 15.6. The van der Waals surface area contributed by atoms with Crippen LogP contribution in [0.15, 0.2) is 30.9 Å². The second kappa shape index (κ2) is 9.75. The molecule has 2 N–H and O–H groups in total. The zero-order chi connectivity index (χ0) is 26.2. The minimum atomic E-state index is -4.71. The molecule has 5 rings (SSSR count). The van der Waals surface area contributed by atoms with E-state index in [0.29, 0.717) is 17.5 Å². The van der Waals surface area contributed by atoms with Gasteiger partial charge in [0.1, 0.15) is 34.3 Å². The van der Waals surface area contributed by atoms with E-state index >= 15 is 0 Å². The number of nitrogens with zero attached hydrogens (tertiary/aromatic N) is 8. The second-order valence-corrected chi connectivity index (χ2v) is 8.62. The van der Waals surface area contributed by atoms with Crippen molar-refractivity contribution in [2.24, 2.45) is 0 Å². The summed E-state index contributed by atoms with van der Waals surface area (Å²) in [6.07, 6.45) is 0.530. The van der Waals surface area contributed by atoms with Gasteiger partial charge >= 0.3 is 6.18 Å². The molecule has 0 amide bonds. The highest BCUT2D eigenvalue weighted by Gasteiger charge is 2.34. The number of fused-ring (bicyclic) bond motifs is 1. The van der Waals surface area contributed by atoms with Crippen LogP contribution in [0.25, 0.3) is 16.8 Å². The number of rotatable bonds is 6. The van der Waals surface area contributed by atoms with E-state index in [1.165, 1.54) is 10.7 Å². The van der Waals surface area contributed by atoms with Gasteiger partial charge in [-0.05, 0) is 38.9 Å². The number of aliphatic hydroxyl groups excluding tert-OH is 1. The maximum absolute atomic E-state index is 13.2. The Balaban J connectivity index is 1.56. The first kappa shape index (κ1) is 24.6. The molecule has 5 heterocycles. The van der Waals surface area contributed by atoms with E-state index in [1.54, 1.807) is 12.3 Å². The lowest BCUT2D eigenvalue weighted by Gasteiger charge is -2.23. The first-order chi connectivity index (χ1) is 17.8. The van der Waals surface area contributed by atoms with E-state index in [1.807, 2.05) is 17.7 Å². The number of hydrogen-bond acceptors (Lipinski definition) is 9. The summed E-state index contributed by atoms with van der Waals surface area (Å²) in [7, 11) is 0. The molecule has 0 spiro atoms. The van der Waals surface area contributed by atoms with Crippen LogP contribution in [0.1, 0.15) is 47.6 Å². The lowest BCUT2D eigenvalue weighted by molar-refractivity contribution is -0.141. The third-order valence-electron chi connectivity index (χ3n) is 6.26. The lowest BCUT2D eigenvalue weighted by Crippen LogP contribution is -2.30. The molecule has 1 aliphatic heterocycles. The van der Waals surface area contributed by atoms with Gasteiger partial charge < -0.3 is 15.2 Å². The zero-order valence-corrected chi connectivity index (χ0v) is 19.6. The summed E-state index contributed by atoms with van der Waals surface area (Å²) in [5.41, 5.74) is 1.01. The fourth-order valence-corrected chi connectivity index (χ4v) is 4.41. The molecule has 1 atom stereocenters. The molecule has 0 bridgehead atoms. The number of ether oxygens (including phenoxy) is 1. The number of nitrogens with one attached hydrogen (secondary N) is 1. The van der Waals surface area contributed by atoms with Gasteiger partial charge in [-0.15, -0.1) is 5.10 Å². The highest BCUT2D eigenvalue weighted by Crippen LogP contribution is 2.34. The summed E-state index contributed by atoms with van der Waals surface area (Å²) >= 11 is 0. The van der Waals surface area contributed by atoms with Gasteiger partial charge in [-0.25, -0.2) is 14.2 Å². The molecule has 14 heteroatoms. The Hall–Kier alpha value is -4.09. The largest absolute Gasteiger partial charge is 0.479 e. The van der Waals surface area contributed by atoms with Gasteiger partial charge in [-0.2, -0.15) is 23.5 Å². The Morgan fingerprint density at radius 3 is 2.76 bits per heavy atom. The van der Waals surface area contributed by atoms with Crippen molar-refractivity contribution < 1.29 is 23.0 Å². The van der Waals surface area contributed by atoms with Gasteiger partial charge in [0.2, 0.25) is 0 Å². The van der Waals surface area contributed by atoms with Crippen LogP contribution in [0, 0.1) is 18.3 Å². The van der Waals surface area contributed by atoms with E-state index in [4.69, 9.17) is 4.74 Å². The average molecular weight is 513 g/mol. The maximum Gasteiger partial charge on any atom is 0.434 e. The van der Waals surface area contributed by atoms with Crippen LogP contribution < -0.4 is 10.1 Å². The SMILES string of the molecule is Cc1c(-c2cc(OC(CO)c3cncc(C(F)(F)F)n3)c3c(C#N)cnn3c2)nnn1C1CCNCC1. The summed E-state index contributed by atoms with van der Waals surface area (Å²) in [4.78, 5) is 7.18. The predicted octanol–water partition coefficient (Wildman–Crippen LogP) is 2.62. The summed E-state index contributed by atoms with van der Waals surface area (Å²) in [6.45, 7) is 2.98. The molecule has 4 aromatic rings. The van der Waals surface area contributed by atoms with Gasteiger partial charge in [0.15, 0.2) is 11.8 Å². The summed E-state index contributed by atoms with van der Waals surface area (Å²) in [6, 6.07) is 3.83. The second-order valence-electron chi connectivity index (χ2n) is 8.62. The third-order valence-corrected chi connectivity index (χ3v) is 6.26. The van der Waals surface area contributed by atoms with Crippen LogP contribution in [0.4, 0.5) is 13.2 Å². The van der Waals surface area contributed by atoms with Crippen LogP contribution in [-0.2, 0) is 6.18 Å². The summed E-state index contributed by atoms with van der Waals surface area (Å²) in [5, 5.41) is 35.8. The fraction of sp³-hybridized carbons (Fsp3) is 0.391. The molecule has 4 aromatic heterocycles. The maximum atomic E-state index is 13.2. The number of pyridine rings is 1. The molecular formula is C23H22F3N9O2. The molecule has 1 fully saturated rings. The standard InChI is InChI=1S/C23H22F3N9O2/c1-13-21(32-33-35(13)16-2-4-28-5-3-16)14-6-18(22-15(7-27)8-30-34(22)11-14)37-19(12-36)17-9-29-10-20(31-17)23(24,25)26/h6,8-11,16,19,28,36H,2-5,12H2,1H3. The molecule has 37 heavy (non-hydrogen) atoms. The van der Waals surface area contributed by atoms with Crippen molar-refractivity contribution in [3.63, 3.8) is 0 Å². The molecule has 0 aromatic carbocycles. The Labute approximate surface area is 208 Å². The number of nitriles is 1. The van der Waals surface area contributed by atoms with Crippen molar-refractivity contribution in [3.05, 3.63) is 53.5 Å². The molecule has 0 saturated carbocycles. The molecule has 1 unspecified atom stereocenters. The monoisotopic (exact) mass is 513 g/mol. The van der Waals surface area contributed by atoms with Crippen molar-refractivity contribution in [2.75, 3.05) is 19.7 Å². The minimum Gasteiger partial charge on any atom is -0.479 e. The van der Waals surface area contributed by atoms with Gasteiger partial charge in [-0.1, -0.05) is 5.21 Å². The van der Waals surface area contributed by atoms with Crippen molar-refractivity contribution in [2.45, 2.75) is 38.1 Å². The first-order valence-electron chi connectivity index (χ1n) is 11.5. The Morgan fingerprint density at radius 1 is 1.27 bits per heavy atom.